The van der Waals surface area contributed by atoms with Gasteiger partial charge in [-0.1, -0.05) is 66.7 Å². The molecule has 3 heterocycles. The Kier molecular flexibility index (Phi) is 6.68. The van der Waals surface area contributed by atoms with E-state index in [0.717, 1.165) is 71.2 Å². The lowest BCUT2D eigenvalue weighted by molar-refractivity contribution is -0.123. The summed E-state index contributed by atoms with van der Waals surface area (Å²) in [7, 11) is 0. The Morgan fingerprint density at radius 3 is 2.25 bits per heavy atom. The van der Waals surface area contributed by atoms with E-state index in [9.17, 15) is 4.79 Å². The van der Waals surface area contributed by atoms with E-state index in [1.165, 1.54) is 5.56 Å². The van der Waals surface area contributed by atoms with Crippen LogP contribution in [0.15, 0.2) is 78.9 Å². The number of likely N-dealkylation sites (tertiary alicyclic amines) is 1. The molecule has 0 bridgehead atoms. The van der Waals surface area contributed by atoms with Crippen molar-refractivity contribution in [1.29, 1.82) is 0 Å². The zero-order valence-corrected chi connectivity index (χ0v) is 20.9. The summed E-state index contributed by atoms with van der Waals surface area (Å²) in [6.45, 7) is 2.76. The molecule has 1 aromatic heterocycles. The molecule has 2 aliphatic heterocycles. The molecule has 0 radical (unpaired) electrons. The average Bonchev–Trinajstić information content (AvgIpc) is 3.62. The van der Waals surface area contributed by atoms with Gasteiger partial charge >= 0.3 is 0 Å². The van der Waals surface area contributed by atoms with Crippen LogP contribution in [-0.2, 0) is 11.3 Å². The molecular formula is C29H29N5OS. The van der Waals surface area contributed by atoms with Crippen LogP contribution in [0.5, 0.6) is 0 Å². The second kappa shape index (κ2) is 10.4. The molecular weight excluding hydrogens is 466 g/mol. The third-order valence-corrected chi connectivity index (χ3v) is 7.84. The van der Waals surface area contributed by atoms with Crippen molar-refractivity contribution in [2.24, 2.45) is 0 Å². The smallest absolute Gasteiger partial charge is 0.238 e. The van der Waals surface area contributed by atoms with Gasteiger partial charge in [0.25, 0.3) is 0 Å². The predicted octanol–water partition coefficient (Wildman–Crippen LogP) is 4.32. The van der Waals surface area contributed by atoms with Crippen molar-refractivity contribution >= 4 is 28.7 Å². The minimum Gasteiger partial charge on any atom is -0.351 e. The van der Waals surface area contributed by atoms with Gasteiger partial charge < -0.3 is 5.32 Å². The summed E-state index contributed by atoms with van der Waals surface area (Å²) >= 11 is 1.78. The highest BCUT2D eigenvalue weighted by atomic mass is 32.2. The molecule has 2 aliphatic rings. The fraction of sp³-hybridized carbons (Fsp3) is 0.276. The van der Waals surface area contributed by atoms with Gasteiger partial charge in [0.15, 0.2) is 0 Å². The first-order valence-electron chi connectivity index (χ1n) is 12.5. The molecule has 36 heavy (non-hydrogen) atoms. The molecule has 0 saturated carbocycles. The molecule has 3 aromatic carbocycles. The fourth-order valence-corrected chi connectivity index (χ4v) is 5.93. The maximum Gasteiger partial charge on any atom is 0.238 e. The van der Waals surface area contributed by atoms with Gasteiger partial charge in [-0.3, -0.25) is 15.0 Å². The van der Waals surface area contributed by atoms with Crippen molar-refractivity contribution in [2.75, 3.05) is 24.7 Å². The Bertz CT molecular complexity index is 1360. The molecule has 2 atom stereocenters. The number of para-hydroxylation sites is 2. The van der Waals surface area contributed by atoms with Crippen LogP contribution in [0.1, 0.15) is 12.0 Å². The zero-order valence-electron chi connectivity index (χ0n) is 20.1. The number of nitrogens with one attached hydrogen (secondary N) is 2. The second-order valence-corrected chi connectivity index (χ2v) is 10.5. The number of amides is 1. The van der Waals surface area contributed by atoms with Crippen molar-refractivity contribution in [2.45, 2.75) is 25.0 Å². The van der Waals surface area contributed by atoms with Gasteiger partial charge in [-0.2, -0.15) is 0 Å². The number of fused-ring (bicyclic) bond motifs is 1. The summed E-state index contributed by atoms with van der Waals surface area (Å²) in [4.78, 5) is 24.8. The first-order chi connectivity index (χ1) is 17.7. The van der Waals surface area contributed by atoms with E-state index >= 15 is 0 Å². The lowest BCUT2D eigenvalue weighted by atomic mass is 10.0. The van der Waals surface area contributed by atoms with Gasteiger partial charge in [0.2, 0.25) is 5.91 Å². The van der Waals surface area contributed by atoms with E-state index in [4.69, 9.17) is 9.97 Å². The largest absolute Gasteiger partial charge is 0.351 e. The van der Waals surface area contributed by atoms with E-state index in [1.54, 1.807) is 11.8 Å². The molecule has 6 nitrogen and oxygen atoms in total. The van der Waals surface area contributed by atoms with E-state index in [2.05, 4.69) is 51.9 Å². The summed E-state index contributed by atoms with van der Waals surface area (Å²) in [5.74, 6) is 1.87. The van der Waals surface area contributed by atoms with Crippen LogP contribution >= 0.6 is 11.8 Å². The summed E-state index contributed by atoms with van der Waals surface area (Å²) < 4.78 is 0. The van der Waals surface area contributed by atoms with Crippen molar-refractivity contribution in [1.82, 2.24) is 25.5 Å². The summed E-state index contributed by atoms with van der Waals surface area (Å²) in [5, 5.41) is 6.48. The van der Waals surface area contributed by atoms with E-state index in [1.807, 2.05) is 42.5 Å². The molecule has 2 N–H and O–H groups in total. The number of hydrogen-bond donors (Lipinski definition) is 2. The summed E-state index contributed by atoms with van der Waals surface area (Å²) in [5.41, 5.74) is 6.97. The van der Waals surface area contributed by atoms with Crippen LogP contribution < -0.4 is 10.6 Å². The fourth-order valence-electron chi connectivity index (χ4n) is 4.98. The third kappa shape index (κ3) is 5.00. The second-order valence-electron chi connectivity index (χ2n) is 9.47. The van der Waals surface area contributed by atoms with Crippen LogP contribution in [0.3, 0.4) is 0 Å². The first kappa shape index (κ1) is 23.2. The van der Waals surface area contributed by atoms with Crippen molar-refractivity contribution in [3.8, 4) is 22.5 Å². The topological polar surface area (TPSA) is 70.2 Å². The molecule has 6 rings (SSSR count). The van der Waals surface area contributed by atoms with Crippen molar-refractivity contribution in [3.63, 3.8) is 0 Å². The zero-order chi connectivity index (χ0) is 24.3. The molecule has 7 heteroatoms. The molecule has 182 valence electrons. The maximum absolute atomic E-state index is 12.4. The molecule has 0 aliphatic carbocycles. The number of thioether (sulfide) groups is 1. The number of hydrogen-bond acceptors (Lipinski definition) is 6. The Hall–Kier alpha value is -3.26. The number of nitrogens with zero attached hydrogens (tertiary/aromatic N) is 3. The highest BCUT2D eigenvalue weighted by Gasteiger charge is 2.28. The quantitative estimate of drug-likeness (QED) is 0.415. The van der Waals surface area contributed by atoms with Gasteiger partial charge in [-0.05, 0) is 24.1 Å². The SMILES string of the molecule is O=C(N[C@@H]1CCN(Cc2ccc(-c3nc4ccccc4nc3-c3ccccc3)cc2)C1)C1CSCN1. The maximum atomic E-state index is 12.4. The van der Waals surface area contributed by atoms with Gasteiger partial charge in [0, 0.05) is 48.4 Å². The predicted molar refractivity (Wildman–Crippen MR) is 146 cm³/mol. The summed E-state index contributed by atoms with van der Waals surface area (Å²) in [6, 6.07) is 27.1. The van der Waals surface area contributed by atoms with E-state index < -0.39 is 0 Å². The third-order valence-electron chi connectivity index (χ3n) is 6.90. The summed E-state index contributed by atoms with van der Waals surface area (Å²) in [6.07, 6.45) is 0.997. The van der Waals surface area contributed by atoms with Crippen LogP contribution in [-0.4, -0.2) is 57.6 Å². The van der Waals surface area contributed by atoms with Gasteiger partial charge in [0.1, 0.15) is 0 Å². The lowest BCUT2D eigenvalue weighted by Gasteiger charge is -2.18. The normalized spacial score (nSPS) is 20.1. The number of aromatic nitrogens is 2. The number of benzene rings is 3. The van der Waals surface area contributed by atoms with Gasteiger partial charge in [-0.25, -0.2) is 9.97 Å². The number of carbonyl (C=O) groups is 1. The standard InChI is InChI=1S/C29H29N5OS/c35-29(26-18-36-19-30-26)31-23-14-15-34(17-23)16-20-10-12-22(13-11-20)28-27(21-6-2-1-3-7-21)32-24-8-4-5-9-25(24)33-28/h1-13,23,26,30H,14-19H2,(H,31,35)/t23-,26?/m1/s1. The Morgan fingerprint density at radius 1 is 0.917 bits per heavy atom. The van der Waals surface area contributed by atoms with Gasteiger partial charge in [0.05, 0.1) is 28.5 Å². The lowest BCUT2D eigenvalue weighted by Crippen LogP contribution is -2.47. The molecule has 0 spiro atoms. The van der Waals surface area contributed by atoms with Crippen LogP contribution in [0.4, 0.5) is 0 Å². The van der Waals surface area contributed by atoms with Gasteiger partial charge in [-0.15, -0.1) is 11.8 Å². The van der Waals surface area contributed by atoms with E-state index in [0.29, 0.717) is 0 Å². The molecule has 4 aromatic rings. The highest BCUT2D eigenvalue weighted by Crippen LogP contribution is 2.31. The minimum absolute atomic E-state index is 0.0458. The van der Waals surface area contributed by atoms with Crippen LogP contribution in [0.2, 0.25) is 0 Å². The number of rotatable bonds is 6. The minimum atomic E-state index is -0.0458. The molecule has 1 amide bonds. The van der Waals surface area contributed by atoms with Crippen molar-refractivity contribution in [3.05, 3.63) is 84.4 Å². The molecule has 1 unspecified atom stereocenters. The van der Waals surface area contributed by atoms with Crippen molar-refractivity contribution < 1.29 is 4.79 Å². The first-order valence-corrected chi connectivity index (χ1v) is 13.6. The molecule has 2 fully saturated rings. The highest BCUT2D eigenvalue weighted by molar-refractivity contribution is 7.99. The monoisotopic (exact) mass is 495 g/mol. The number of carbonyl (C=O) groups excluding carboxylic acids is 1. The average molecular weight is 496 g/mol. The molecule has 2 saturated heterocycles. The Morgan fingerprint density at radius 2 is 1.58 bits per heavy atom. The Labute approximate surface area is 215 Å². The van der Waals surface area contributed by atoms with Crippen LogP contribution in [0, 0.1) is 0 Å². The Balaban J connectivity index is 1.18. The van der Waals surface area contributed by atoms with E-state index in [-0.39, 0.29) is 18.0 Å². The van der Waals surface area contributed by atoms with Crippen LogP contribution in [0.25, 0.3) is 33.5 Å².